The average Bonchev–Trinajstić information content (AvgIpc) is 2.40. The number of ether oxygens (including phenoxy) is 3. The van der Waals surface area contributed by atoms with Gasteiger partial charge in [-0.25, -0.2) is 4.79 Å². The second-order valence-electron chi connectivity index (χ2n) is 5.22. The van der Waals surface area contributed by atoms with Crippen LogP contribution in [-0.2, 0) is 23.8 Å². The van der Waals surface area contributed by atoms with Crippen molar-refractivity contribution in [3.63, 3.8) is 0 Å². The second kappa shape index (κ2) is 9.92. The number of hydrogen-bond donors (Lipinski definition) is 1. The molecule has 7 heteroatoms. The van der Waals surface area contributed by atoms with E-state index in [4.69, 9.17) is 14.2 Å². The van der Waals surface area contributed by atoms with E-state index in [1.807, 2.05) is 0 Å². The van der Waals surface area contributed by atoms with Gasteiger partial charge in [0, 0.05) is 10.9 Å². The van der Waals surface area contributed by atoms with Crippen LogP contribution in [0, 0.1) is 0 Å². The predicted molar refractivity (Wildman–Crippen MR) is 81.2 cm³/mol. The first-order valence-corrected chi connectivity index (χ1v) is 7.66. The molecule has 0 aliphatic carbocycles. The standard InChI is InChI=1S/C14H23BrO6/c1-10(2)13(18)20-8-11(16)7-19-6-5-12(17)21-14(3,4)9-15/h11,16H,1,5-9H2,2-4H3. The zero-order valence-electron chi connectivity index (χ0n) is 12.7. The third-order valence-corrected chi connectivity index (χ3v) is 3.58. The van der Waals surface area contributed by atoms with E-state index in [1.54, 1.807) is 13.8 Å². The molecule has 21 heavy (non-hydrogen) atoms. The number of halogens is 1. The molecule has 6 nitrogen and oxygen atoms in total. The minimum Gasteiger partial charge on any atom is -0.460 e. The molecule has 0 aliphatic rings. The van der Waals surface area contributed by atoms with Crippen LogP contribution in [0.15, 0.2) is 12.2 Å². The first kappa shape index (κ1) is 20.1. The highest BCUT2D eigenvalue weighted by Gasteiger charge is 2.21. The molecule has 0 aromatic heterocycles. The van der Waals surface area contributed by atoms with Crippen LogP contribution in [0.4, 0.5) is 0 Å². The van der Waals surface area contributed by atoms with E-state index in [1.165, 1.54) is 6.92 Å². The summed E-state index contributed by atoms with van der Waals surface area (Å²) in [5.74, 6) is -0.933. The van der Waals surface area contributed by atoms with Gasteiger partial charge in [0.15, 0.2) is 0 Å². The zero-order chi connectivity index (χ0) is 16.5. The minimum absolute atomic E-state index is 0.0292. The average molecular weight is 367 g/mol. The van der Waals surface area contributed by atoms with Crippen molar-refractivity contribution in [2.24, 2.45) is 0 Å². The van der Waals surface area contributed by atoms with E-state index in [0.717, 1.165) is 0 Å². The predicted octanol–water partition coefficient (Wildman–Crippen LogP) is 1.59. The highest BCUT2D eigenvalue weighted by molar-refractivity contribution is 9.09. The van der Waals surface area contributed by atoms with Gasteiger partial charge in [-0.15, -0.1) is 0 Å². The van der Waals surface area contributed by atoms with Crippen LogP contribution >= 0.6 is 15.9 Å². The summed E-state index contributed by atoms with van der Waals surface area (Å²) in [6, 6.07) is 0. The molecule has 0 rings (SSSR count). The van der Waals surface area contributed by atoms with Crippen molar-refractivity contribution < 1.29 is 28.9 Å². The van der Waals surface area contributed by atoms with E-state index in [-0.39, 0.29) is 37.8 Å². The molecule has 0 amide bonds. The lowest BCUT2D eigenvalue weighted by Gasteiger charge is -2.22. The maximum absolute atomic E-state index is 11.5. The summed E-state index contributed by atoms with van der Waals surface area (Å²) in [7, 11) is 0. The van der Waals surface area contributed by atoms with E-state index in [0.29, 0.717) is 5.33 Å². The summed E-state index contributed by atoms with van der Waals surface area (Å²) in [5.41, 5.74) is -0.298. The Morgan fingerprint density at radius 1 is 1.33 bits per heavy atom. The Labute approximate surface area is 133 Å². The monoisotopic (exact) mass is 366 g/mol. The van der Waals surface area contributed by atoms with Crippen LogP contribution in [0.3, 0.4) is 0 Å². The van der Waals surface area contributed by atoms with Gasteiger partial charge in [0.25, 0.3) is 0 Å². The lowest BCUT2D eigenvalue weighted by Crippen LogP contribution is -2.30. The molecule has 1 N–H and O–H groups in total. The topological polar surface area (TPSA) is 82.1 Å². The molecule has 0 saturated heterocycles. The number of esters is 2. The molecule has 1 unspecified atom stereocenters. The quantitative estimate of drug-likeness (QED) is 0.273. The van der Waals surface area contributed by atoms with Crippen molar-refractivity contribution in [2.45, 2.75) is 38.9 Å². The molecule has 0 aliphatic heterocycles. The fourth-order valence-corrected chi connectivity index (χ4v) is 1.22. The van der Waals surface area contributed by atoms with Gasteiger partial charge in [-0.2, -0.15) is 0 Å². The van der Waals surface area contributed by atoms with Crippen molar-refractivity contribution in [2.75, 3.05) is 25.2 Å². The molecule has 0 fully saturated rings. The van der Waals surface area contributed by atoms with Crippen LogP contribution in [0.1, 0.15) is 27.2 Å². The Bertz CT molecular complexity index is 366. The first-order chi connectivity index (χ1) is 9.68. The van der Waals surface area contributed by atoms with Crippen LogP contribution in [0.2, 0.25) is 0 Å². The fourth-order valence-electron chi connectivity index (χ4n) is 1.10. The molecule has 0 spiro atoms. The maximum atomic E-state index is 11.5. The molecule has 1 atom stereocenters. The minimum atomic E-state index is -0.941. The van der Waals surface area contributed by atoms with Gasteiger partial charge in [0.05, 0.1) is 19.6 Å². The first-order valence-electron chi connectivity index (χ1n) is 6.54. The number of aliphatic hydroxyl groups is 1. The summed E-state index contributed by atoms with van der Waals surface area (Å²) in [5, 5.41) is 10.1. The number of hydrogen-bond acceptors (Lipinski definition) is 6. The van der Waals surface area contributed by atoms with Crippen molar-refractivity contribution in [1.29, 1.82) is 0 Å². The zero-order valence-corrected chi connectivity index (χ0v) is 14.3. The number of aliphatic hydroxyl groups excluding tert-OH is 1. The number of carbonyl (C=O) groups is 2. The van der Waals surface area contributed by atoms with Crippen molar-refractivity contribution in [3.8, 4) is 0 Å². The van der Waals surface area contributed by atoms with Crippen LogP contribution in [0.25, 0.3) is 0 Å². The van der Waals surface area contributed by atoms with Crippen molar-refractivity contribution in [1.82, 2.24) is 0 Å². The molecule has 0 bridgehead atoms. The Morgan fingerprint density at radius 2 is 1.95 bits per heavy atom. The van der Waals surface area contributed by atoms with Gasteiger partial charge in [-0.1, -0.05) is 22.5 Å². The SMILES string of the molecule is C=C(C)C(=O)OCC(O)COCCC(=O)OC(C)(C)CBr. The lowest BCUT2D eigenvalue weighted by molar-refractivity contribution is -0.155. The molecular weight excluding hydrogens is 344 g/mol. The molecular formula is C14H23BrO6. The highest BCUT2D eigenvalue weighted by Crippen LogP contribution is 2.13. The van der Waals surface area contributed by atoms with Gasteiger partial charge in [0.2, 0.25) is 0 Å². The molecule has 122 valence electrons. The number of rotatable bonds is 10. The van der Waals surface area contributed by atoms with Crippen LogP contribution in [-0.4, -0.2) is 53.9 Å². The number of carbonyl (C=O) groups excluding carboxylic acids is 2. The summed E-state index contributed by atoms with van der Waals surface area (Å²) >= 11 is 3.25. The van der Waals surface area contributed by atoms with E-state index in [2.05, 4.69) is 22.5 Å². The van der Waals surface area contributed by atoms with Gasteiger partial charge < -0.3 is 19.3 Å². The maximum Gasteiger partial charge on any atom is 0.333 e. The molecule has 0 heterocycles. The van der Waals surface area contributed by atoms with Crippen LogP contribution in [0.5, 0.6) is 0 Å². The van der Waals surface area contributed by atoms with Gasteiger partial charge in [0.1, 0.15) is 18.3 Å². The highest BCUT2D eigenvalue weighted by atomic mass is 79.9. The Hall–Kier alpha value is -0.920. The molecule has 0 aromatic carbocycles. The normalized spacial score (nSPS) is 12.6. The Kier molecular flexibility index (Phi) is 9.48. The van der Waals surface area contributed by atoms with Crippen molar-refractivity contribution >= 4 is 27.9 Å². The summed E-state index contributed by atoms with van der Waals surface area (Å²) in [6.07, 6.45) is -0.849. The van der Waals surface area contributed by atoms with E-state index >= 15 is 0 Å². The lowest BCUT2D eigenvalue weighted by atomic mass is 10.2. The summed E-state index contributed by atoms with van der Waals surface area (Å²) in [6.45, 7) is 8.45. The van der Waals surface area contributed by atoms with Gasteiger partial charge in [-0.3, -0.25) is 4.79 Å². The summed E-state index contributed by atoms with van der Waals surface area (Å²) < 4.78 is 15.1. The Balaban J connectivity index is 3.73. The van der Waals surface area contributed by atoms with Crippen LogP contribution < -0.4 is 0 Å². The van der Waals surface area contributed by atoms with Gasteiger partial charge in [-0.05, 0) is 20.8 Å². The van der Waals surface area contributed by atoms with E-state index < -0.39 is 17.7 Å². The molecule has 0 saturated carbocycles. The van der Waals surface area contributed by atoms with E-state index in [9.17, 15) is 14.7 Å². The summed E-state index contributed by atoms with van der Waals surface area (Å²) in [4.78, 5) is 22.6. The van der Waals surface area contributed by atoms with Crippen molar-refractivity contribution in [3.05, 3.63) is 12.2 Å². The Morgan fingerprint density at radius 3 is 2.48 bits per heavy atom. The molecule has 0 radical (unpaired) electrons. The third-order valence-electron chi connectivity index (χ3n) is 2.23. The second-order valence-corrected chi connectivity index (χ2v) is 5.79. The third kappa shape index (κ3) is 10.4. The van der Waals surface area contributed by atoms with Gasteiger partial charge >= 0.3 is 11.9 Å². The smallest absolute Gasteiger partial charge is 0.333 e. The number of alkyl halides is 1. The molecule has 0 aromatic rings. The fraction of sp³-hybridized carbons (Fsp3) is 0.714. The largest absolute Gasteiger partial charge is 0.460 e.